The Morgan fingerprint density at radius 2 is 2.33 bits per heavy atom. The zero-order chi connectivity index (χ0) is 15.1. The number of nitrogens with one attached hydrogen (secondary N) is 1. The first-order valence-electron chi connectivity index (χ1n) is 6.47. The minimum atomic E-state index is -0.130. The number of amides is 1. The summed E-state index contributed by atoms with van der Waals surface area (Å²) in [5, 5.41) is 3.54. The fourth-order valence-corrected chi connectivity index (χ4v) is 2.54. The van der Waals surface area contributed by atoms with Gasteiger partial charge in [-0.05, 0) is 19.1 Å². The summed E-state index contributed by atoms with van der Waals surface area (Å²) in [7, 11) is 1.60. The number of carbonyl (C=O) groups is 1. The molecule has 2 rings (SSSR count). The zero-order valence-corrected chi connectivity index (χ0v) is 12.8. The highest BCUT2D eigenvalue weighted by Crippen LogP contribution is 2.19. The molecule has 2 aromatic rings. The van der Waals surface area contributed by atoms with Crippen molar-refractivity contribution in [2.24, 2.45) is 0 Å². The van der Waals surface area contributed by atoms with Crippen LogP contribution in [0.5, 0.6) is 5.75 Å². The van der Waals surface area contributed by atoms with E-state index in [0.717, 1.165) is 5.01 Å². The van der Waals surface area contributed by atoms with Gasteiger partial charge in [0.2, 0.25) is 0 Å². The third-order valence-electron chi connectivity index (χ3n) is 2.64. The number of nitrogens with zero attached hydrogens (tertiary/aromatic N) is 2. The van der Waals surface area contributed by atoms with Gasteiger partial charge in [0.15, 0.2) is 0 Å². The molecule has 0 aliphatic carbocycles. The van der Waals surface area contributed by atoms with Crippen LogP contribution in [0.2, 0.25) is 0 Å². The highest BCUT2D eigenvalue weighted by molar-refractivity contribution is 7.13. The van der Waals surface area contributed by atoms with Crippen LogP contribution in [0, 0.1) is 6.92 Å². The van der Waals surface area contributed by atoms with E-state index in [1.165, 1.54) is 11.3 Å². The van der Waals surface area contributed by atoms with E-state index in [2.05, 4.69) is 15.3 Å². The number of hydrogen-bond acceptors (Lipinski definition) is 6. The fourth-order valence-electron chi connectivity index (χ4n) is 1.65. The van der Waals surface area contributed by atoms with Crippen LogP contribution in [0.3, 0.4) is 0 Å². The Morgan fingerprint density at radius 1 is 1.48 bits per heavy atom. The molecular weight excluding hydrogens is 290 g/mol. The van der Waals surface area contributed by atoms with E-state index in [4.69, 9.17) is 9.47 Å². The average molecular weight is 307 g/mol. The van der Waals surface area contributed by atoms with Gasteiger partial charge in [0.05, 0.1) is 18.5 Å². The topological polar surface area (TPSA) is 73.3 Å². The average Bonchev–Trinajstić information content (AvgIpc) is 2.87. The molecule has 0 fully saturated rings. The fraction of sp³-hybridized carbons (Fsp3) is 0.357. The molecule has 7 heteroatoms. The Bertz CT molecular complexity index is 586. The molecule has 21 heavy (non-hydrogen) atoms. The maximum absolute atomic E-state index is 12.0. The van der Waals surface area contributed by atoms with Gasteiger partial charge in [-0.25, -0.2) is 4.98 Å². The maximum Gasteiger partial charge on any atom is 0.263 e. The first-order chi connectivity index (χ1) is 10.2. The molecule has 2 aromatic heterocycles. The molecule has 0 aliphatic heterocycles. The van der Waals surface area contributed by atoms with E-state index in [9.17, 15) is 4.79 Å². The number of methoxy groups -OCH3 is 1. The van der Waals surface area contributed by atoms with E-state index in [0.29, 0.717) is 36.1 Å². The van der Waals surface area contributed by atoms with E-state index >= 15 is 0 Å². The summed E-state index contributed by atoms with van der Waals surface area (Å²) in [5.74, 6) is 0.547. The van der Waals surface area contributed by atoms with Crippen molar-refractivity contribution in [3.05, 3.63) is 40.1 Å². The van der Waals surface area contributed by atoms with Gasteiger partial charge in [-0.2, -0.15) is 0 Å². The minimum Gasteiger partial charge on any atom is -0.485 e. The van der Waals surface area contributed by atoms with Crippen molar-refractivity contribution in [2.75, 3.05) is 20.3 Å². The lowest BCUT2D eigenvalue weighted by molar-refractivity contribution is 0.0940. The SMILES string of the molecule is COCCNC(=O)c1sc(COc2cccnc2)nc1C. The predicted octanol–water partition coefficient (Wildman–Crippen LogP) is 1.80. The van der Waals surface area contributed by atoms with Crippen LogP contribution >= 0.6 is 11.3 Å². The van der Waals surface area contributed by atoms with Crippen LogP contribution in [0.15, 0.2) is 24.5 Å². The smallest absolute Gasteiger partial charge is 0.263 e. The van der Waals surface area contributed by atoms with Crippen molar-refractivity contribution in [1.82, 2.24) is 15.3 Å². The van der Waals surface area contributed by atoms with Crippen molar-refractivity contribution >= 4 is 17.2 Å². The number of ether oxygens (including phenoxy) is 2. The van der Waals surface area contributed by atoms with Crippen LogP contribution in [-0.4, -0.2) is 36.1 Å². The van der Waals surface area contributed by atoms with Gasteiger partial charge in [-0.1, -0.05) is 0 Å². The Kier molecular flexibility index (Phi) is 5.65. The number of aromatic nitrogens is 2. The summed E-state index contributed by atoms with van der Waals surface area (Å²) in [6.45, 7) is 3.10. The number of hydrogen-bond donors (Lipinski definition) is 1. The Morgan fingerprint density at radius 3 is 3.05 bits per heavy atom. The van der Waals surface area contributed by atoms with Crippen molar-refractivity contribution in [1.29, 1.82) is 0 Å². The molecule has 6 nitrogen and oxygen atoms in total. The number of aryl methyl sites for hydroxylation is 1. The molecule has 0 saturated heterocycles. The van der Waals surface area contributed by atoms with Crippen molar-refractivity contribution in [2.45, 2.75) is 13.5 Å². The first-order valence-corrected chi connectivity index (χ1v) is 7.28. The van der Waals surface area contributed by atoms with Crippen LogP contribution in [0.25, 0.3) is 0 Å². The molecule has 0 bridgehead atoms. The van der Waals surface area contributed by atoms with Gasteiger partial charge in [-0.3, -0.25) is 9.78 Å². The molecule has 1 amide bonds. The Labute approximate surface area is 127 Å². The lowest BCUT2D eigenvalue weighted by atomic mass is 10.4. The normalized spacial score (nSPS) is 10.4. The van der Waals surface area contributed by atoms with E-state index < -0.39 is 0 Å². The lowest BCUT2D eigenvalue weighted by Crippen LogP contribution is -2.26. The summed E-state index contributed by atoms with van der Waals surface area (Å²) < 4.78 is 10.5. The van der Waals surface area contributed by atoms with Gasteiger partial charge in [0.25, 0.3) is 5.91 Å². The van der Waals surface area contributed by atoms with Crippen LogP contribution in [0.1, 0.15) is 20.4 Å². The highest BCUT2D eigenvalue weighted by atomic mass is 32.1. The monoisotopic (exact) mass is 307 g/mol. The van der Waals surface area contributed by atoms with E-state index in [-0.39, 0.29) is 5.91 Å². The molecule has 0 atom stereocenters. The maximum atomic E-state index is 12.0. The molecule has 0 spiro atoms. The molecule has 0 aliphatic rings. The standard InChI is InChI=1S/C14H17N3O3S/c1-10-13(14(18)16-6-7-19-2)21-12(17-10)9-20-11-4-3-5-15-8-11/h3-5,8H,6-7,9H2,1-2H3,(H,16,18). The second kappa shape index (κ2) is 7.70. The van der Waals surface area contributed by atoms with E-state index in [1.807, 2.05) is 13.0 Å². The van der Waals surface area contributed by atoms with Crippen LogP contribution < -0.4 is 10.1 Å². The number of pyridine rings is 1. The van der Waals surface area contributed by atoms with Crippen molar-refractivity contribution < 1.29 is 14.3 Å². The lowest BCUT2D eigenvalue weighted by Gasteiger charge is -2.02. The first kappa shape index (κ1) is 15.4. The summed E-state index contributed by atoms with van der Waals surface area (Å²) in [5.41, 5.74) is 0.708. The van der Waals surface area contributed by atoms with Crippen LogP contribution in [0.4, 0.5) is 0 Å². The molecule has 0 saturated carbocycles. The van der Waals surface area contributed by atoms with Gasteiger partial charge < -0.3 is 14.8 Å². The van der Waals surface area contributed by atoms with Crippen LogP contribution in [-0.2, 0) is 11.3 Å². The minimum absolute atomic E-state index is 0.130. The number of carbonyl (C=O) groups excluding carboxylic acids is 1. The molecule has 0 radical (unpaired) electrons. The van der Waals surface area contributed by atoms with Gasteiger partial charge in [0.1, 0.15) is 22.2 Å². The van der Waals surface area contributed by atoms with E-state index in [1.54, 1.807) is 25.6 Å². The predicted molar refractivity (Wildman–Crippen MR) is 79.6 cm³/mol. The highest BCUT2D eigenvalue weighted by Gasteiger charge is 2.15. The molecule has 0 aromatic carbocycles. The molecule has 2 heterocycles. The van der Waals surface area contributed by atoms with Crippen molar-refractivity contribution in [3.8, 4) is 5.75 Å². The zero-order valence-electron chi connectivity index (χ0n) is 12.0. The Balaban J connectivity index is 1.94. The largest absolute Gasteiger partial charge is 0.485 e. The molecule has 112 valence electrons. The molecular formula is C14H17N3O3S. The quantitative estimate of drug-likeness (QED) is 0.790. The van der Waals surface area contributed by atoms with Crippen molar-refractivity contribution in [3.63, 3.8) is 0 Å². The summed E-state index contributed by atoms with van der Waals surface area (Å²) in [6, 6.07) is 3.63. The second-order valence-corrected chi connectivity index (χ2v) is 5.33. The number of thiazole rings is 1. The summed E-state index contributed by atoms with van der Waals surface area (Å²) >= 11 is 1.34. The summed E-state index contributed by atoms with van der Waals surface area (Å²) in [4.78, 5) is 20.9. The Hall–Kier alpha value is -1.99. The molecule has 0 unspecified atom stereocenters. The van der Waals surface area contributed by atoms with Gasteiger partial charge in [-0.15, -0.1) is 11.3 Å². The second-order valence-electron chi connectivity index (χ2n) is 4.25. The van der Waals surface area contributed by atoms with Gasteiger partial charge >= 0.3 is 0 Å². The third-order valence-corrected chi connectivity index (χ3v) is 3.77. The number of rotatable bonds is 7. The third kappa shape index (κ3) is 4.51. The summed E-state index contributed by atoms with van der Waals surface area (Å²) in [6.07, 6.45) is 3.32. The molecule has 1 N–H and O–H groups in total. The van der Waals surface area contributed by atoms with Gasteiger partial charge in [0, 0.05) is 19.9 Å².